The van der Waals surface area contributed by atoms with Crippen LogP contribution in [0.15, 0.2) is 66.3 Å². The molecule has 0 spiro atoms. The van der Waals surface area contributed by atoms with E-state index in [0.717, 1.165) is 28.2 Å². The van der Waals surface area contributed by atoms with E-state index in [0.29, 0.717) is 37.4 Å². The van der Waals surface area contributed by atoms with E-state index >= 15 is 0 Å². The third-order valence-corrected chi connectivity index (χ3v) is 5.67. The number of nitrogens with zero attached hydrogens (tertiary/aromatic N) is 3. The van der Waals surface area contributed by atoms with Gasteiger partial charge < -0.3 is 24.1 Å². The Balaban J connectivity index is 1.48. The molecule has 1 N–H and O–H groups in total. The van der Waals surface area contributed by atoms with Crippen molar-refractivity contribution in [1.82, 2.24) is 20.1 Å². The van der Waals surface area contributed by atoms with Gasteiger partial charge >= 0.3 is 0 Å². The zero-order valence-corrected chi connectivity index (χ0v) is 19.6. The summed E-state index contributed by atoms with van der Waals surface area (Å²) in [5.74, 6) is 3.67. The number of thioether (sulfide) groups is 1. The van der Waals surface area contributed by atoms with Crippen molar-refractivity contribution in [3.05, 3.63) is 72.6 Å². The molecule has 0 aliphatic heterocycles. The molecule has 2 aromatic carbocycles. The van der Waals surface area contributed by atoms with Crippen LogP contribution in [0.3, 0.4) is 0 Å². The van der Waals surface area contributed by atoms with Crippen LogP contribution in [0.25, 0.3) is 0 Å². The Bertz CT molecular complexity index is 1040. The van der Waals surface area contributed by atoms with Crippen LogP contribution >= 0.6 is 11.8 Å². The van der Waals surface area contributed by atoms with Crippen LogP contribution in [-0.4, -0.2) is 53.8 Å². The summed E-state index contributed by atoms with van der Waals surface area (Å²) in [7, 11) is 3.23. The molecule has 0 aliphatic carbocycles. The fourth-order valence-corrected chi connectivity index (χ4v) is 3.80. The maximum atomic E-state index is 12.3. The van der Waals surface area contributed by atoms with Crippen molar-refractivity contribution in [3.63, 3.8) is 0 Å². The SMILES string of the molecule is C=CCn1c(CCNC(=O)c2ccc(OC)cc2)nnc1SCCOc1ccc(OC)cc1. The molecule has 8 nitrogen and oxygen atoms in total. The molecule has 3 rings (SSSR count). The van der Waals surface area contributed by atoms with Crippen molar-refractivity contribution < 1.29 is 19.0 Å². The molecule has 0 atom stereocenters. The third-order valence-electron chi connectivity index (χ3n) is 4.73. The highest BCUT2D eigenvalue weighted by molar-refractivity contribution is 7.99. The van der Waals surface area contributed by atoms with E-state index in [1.807, 2.05) is 28.8 Å². The van der Waals surface area contributed by atoms with E-state index in [9.17, 15) is 4.79 Å². The quantitative estimate of drug-likeness (QED) is 0.233. The molecule has 0 saturated heterocycles. The lowest BCUT2D eigenvalue weighted by molar-refractivity contribution is 0.0954. The van der Waals surface area contributed by atoms with Gasteiger partial charge in [0, 0.05) is 30.8 Å². The maximum Gasteiger partial charge on any atom is 0.251 e. The molecular formula is C24H28N4O4S. The molecule has 3 aromatic rings. The number of benzene rings is 2. The average molecular weight is 469 g/mol. The summed E-state index contributed by atoms with van der Waals surface area (Å²) < 4.78 is 18.0. The van der Waals surface area contributed by atoms with Crippen LogP contribution in [-0.2, 0) is 13.0 Å². The highest BCUT2D eigenvalue weighted by atomic mass is 32.2. The third kappa shape index (κ3) is 7.01. The Labute approximate surface area is 198 Å². The first-order valence-corrected chi connectivity index (χ1v) is 11.5. The monoisotopic (exact) mass is 468 g/mol. The Hall–Kier alpha value is -3.46. The Morgan fingerprint density at radius 1 is 1.03 bits per heavy atom. The van der Waals surface area contributed by atoms with Gasteiger partial charge in [-0.25, -0.2) is 0 Å². The summed E-state index contributed by atoms with van der Waals surface area (Å²) >= 11 is 1.57. The van der Waals surface area contributed by atoms with Gasteiger partial charge in [0.25, 0.3) is 5.91 Å². The molecule has 0 radical (unpaired) electrons. The van der Waals surface area contributed by atoms with E-state index in [1.165, 1.54) is 0 Å². The molecular weight excluding hydrogens is 440 g/mol. The molecule has 0 unspecified atom stereocenters. The minimum Gasteiger partial charge on any atom is -0.497 e. The van der Waals surface area contributed by atoms with Crippen molar-refractivity contribution in [2.45, 2.75) is 18.1 Å². The Morgan fingerprint density at radius 3 is 2.30 bits per heavy atom. The van der Waals surface area contributed by atoms with E-state index in [4.69, 9.17) is 14.2 Å². The number of carbonyl (C=O) groups is 1. The second kappa shape index (κ2) is 12.5. The topological polar surface area (TPSA) is 87.5 Å². The Kier molecular flexibility index (Phi) is 9.19. The van der Waals surface area contributed by atoms with Gasteiger partial charge in [-0.05, 0) is 48.5 Å². The zero-order valence-electron chi connectivity index (χ0n) is 18.8. The maximum absolute atomic E-state index is 12.3. The smallest absolute Gasteiger partial charge is 0.251 e. The molecule has 9 heteroatoms. The number of hydrogen-bond acceptors (Lipinski definition) is 7. The van der Waals surface area contributed by atoms with Crippen LogP contribution in [0.2, 0.25) is 0 Å². The van der Waals surface area contributed by atoms with Gasteiger partial charge in [-0.15, -0.1) is 16.8 Å². The summed E-state index contributed by atoms with van der Waals surface area (Å²) in [5, 5.41) is 12.3. The zero-order chi connectivity index (χ0) is 23.5. The normalized spacial score (nSPS) is 10.5. The summed E-state index contributed by atoms with van der Waals surface area (Å²) in [6.45, 7) is 5.41. The van der Waals surface area contributed by atoms with Crippen LogP contribution < -0.4 is 19.5 Å². The number of allylic oxidation sites excluding steroid dienone is 1. The summed E-state index contributed by atoms with van der Waals surface area (Å²) in [5.41, 5.74) is 0.580. The largest absolute Gasteiger partial charge is 0.497 e. The molecule has 174 valence electrons. The Morgan fingerprint density at radius 2 is 1.67 bits per heavy atom. The fourth-order valence-electron chi connectivity index (χ4n) is 3.02. The lowest BCUT2D eigenvalue weighted by atomic mass is 10.2. The molecule has 0 fully saturated rings. The molecule has 0 saturated carbocycles. The lowest BCUT2D eigenvalue weighted by Gasteiger charge is -2.09. The van der Waals surface area contributed by atoms with Gasteiger partial charge in [0.1, 0.15) is 23.1 Å². The van der Waals surface area contributed by atoms with Gasteiger partial charge in [-0.1, -0.05) is 17.8 Å². The van der Waals surface area contributed by atoms with Crippen LogP contribution in [0, 0.1) is 0 Å². The fraction of sp³-hybridized carbons (Fsp3) is 0.292. The number of ether oxygens (including phenoxy) is 3. The summed E-state index contributed by atoms with van der Waals surface area (Å²) in [4.78, 5) is 12.3. The molecule has 1 amide bonds. The average Bonchev–Trinajstić information content (AvgIpc) is 3.23. The minimum absolute atomic E-state index is 0.141. The number of amides is 1. The highest BCUT2D eigenvalue weighted by Crippen LogP contribution is 2.20. The predicted octanol–water partition coefficient (Wildman–Crippen LogP) is 3.62. The molecule has 1 aromatic heterocycles. The van der Waals surface area contributed by atoms with Gasteiger partial charge in [0.15, 0.2) is 5.16 Å². The first kappa shape index (κ1) is 24.2. The first-order valence-electron chi connectivity index (χ1n) is 10.5. The molecule has 33 heavy (non-hydrogen) atoms. The molecule has 0 bridgehead atoms. The van der Waals surface area contributed by atoms with Gasteiger partial charge in [-0.2, -0.15) is 0 Å². The van der Waals surface area contributed by atoms with Crippen molar-refractivity contribution in [2.24, 2.45) is 0 Å². The number of aromatic nitrogens is 3. The standard InChI is InChI=1S/C24H28N4O4S/c1-4-15-28-22(13-14-25-23(29)18-5-7-19(30-2)8-6-18)26-27-24(28)33-17-16-32-21-11-9-20(31-3)10-12-21/h4-12H,1,13-17H2,2-3H3,(H,25,29). The number of nitrogens with one attached hydrogen (secondary N) is 1. The van der Waals surface area contributed by atoms with E-state index in [1.54, 1.807) is 56.3 Å². The van der Waals surface area contributed by atoms with Gasteiger partial charge in [0.2, 0.25) is 0 Å². The van der Waals surface area contributed by atoms with E-state index < -0.39 is 0 Å². The van der Waals surface area contributed by atoms with Crippen molar-refractivity contribution in [1.29, 1.82) is 0 Å². The van der Waals surface area contributed by atoms with Crippen molar-refractivity contribution >= 4 is 17.7 Å². The number of rotatable bonds is 13. The van der Waals surface area contributed by atoms with Crippen molar-refractivity contribution in [3.8, 4) is 17.2 Å². The number of methoxy groups -OCH3 is 2. The van der Waals surface area contributed by atoms with Gasteiger partial charge in [0.05, 0.1) is 20.8 Å². The number of hydrogen-bond donors (Lipinski definition) is 1. The van der Waals surface area contributed by atoms with Crippen LogP contribution in [0.4, 0.5) is 0 Å². The first-order chi connectivity index (χ1) is 16.1. The molecule has 0 aliphatic rings. The van der Waals surface area contributed by atoms with Gasteiger partial charge in [-0.3, -0.25) is 4.79 Å². The lowest BCUT2D eigenvalue weighted by Crippen LogP contribution is -2.26. The van der Waals surface area contributed by atoms with E-state index in [-0.39, 0.29) is 5.91 Å². The van der Waals surface area contributed by atoms with Crippen LogP contribution in [0.1, 0.15) is 16.2 Å². The second-order valence-electron chi connectivity index (χ2n) is 6.90. The van der Waals surface area contributed by atoms with Crippen molar-refractivity contribution in [2.75, 3.05) is 33.1 Å². The summed E-state index contributed by atoms with van der Waals surface area (Å²) in [6, 6.07) is 14.5. The van der Waals surface area contributed by atoms with E-state index in [2.05, 4.69) is 22.1 Å². The second-order valence-corrected chi connectivity index (χ2v) is 7.97. The highest BCUT2D eigenvalue weighted by Gasteiger charge is 2.13. The number of carbonyl (C=O) groups excluding carboxylic acids is 1. The predicted molar refractivity (Wildman–Crippen MR) is 128 cm³/mol. The summed E-state index contributed by atoms with van der Waals surface area (Å²) in [6.07, 6.45) is 2.37. The molecule has 1 heterocycles. The minimum atomic E-state index is -0.141. The van der Waals surface area contributed by atoms with Crippen LogP contribution in [0.5, 0.6) is 17.2 Å².